The number of rotatable bonds is 2. The minimum Gasteiger partial charge on any atom is -0.358 e. The van der Waals surface area contributed by atoms with Gasteiger partial charge in [-0.25, -0.2) is 0 Å². The minimum absolute atomic E-state index is 0.202. The molecule has 2 aliphatic rings. The number of hydrogen-bond donors (Lipinski definition) is 1. The molecule has 2 aromatic rings. The highest BCUT2D eigenvalue weighted by Gasteiger charge is 2.32. The zero-order chi connectivity index (χ0) is 18.3. The minimum atomic E-state index is 0.202. The molecule has 0 spiro atoms. The average molecular weight is 354 g/mol. The molecule has 4 rings (SSSR count). The van der Waals surface area contributed by atoms with Crippen molar-refractivity contribution in [1.29, 1.82) is 0 Å². The van der Waals surface area contributed by atoms with E-state index in [0.717, 1.165) is 60.1 Å². The highest BCUT2D eigenvalue weighted by Crippen LogP contribution is 2.31. The van der Waals surface area contributed by atoms with Crippen LogP contribution in [0.3, 0.4) is 0 Å². The Hall–Kier alpha value is -1.81. The predicted octanol–water partition coefficient (Wildman–Crippen LogP) is 4.12. The Morgan fingerprint density at radius 3 is 2.58 bits per heavy atom. The number of benzene rings is 1. The molecule has 0 aliphatic carbocycles. The second kappa shape index (κ2) is 7.07. The van der Waals surface area contributed by atoms with Gasteiger partial charge in [0.2, 0.25) is 0 Å². The number of aromatic nitrogens is 1. The van der Waals surface area contributed by atoms with E-state index in [2.05, 4.69) is 41.7 Å². The van der Waals surface area contributed by atoms with E-state index < -0.39 is 0 Å². The Morgan fingerprint density at radius 2 is 1.85 bits per heavy atom. The number of carbonyl (C=O) groups excluding carboxylic acids is 1. The van der Waals surface area contributed by atoms with Crippen molar-refractivity contribution in [1.82, 2.24) is 14.8 Å². The van der Waals surface area contributed by atoms with Crippen LogP contribution in [0.15, 0.2) is 18.2 Å². The molecule has 0 saturated carbocycles. The maximum atomic E-state index is 13.2. The highest BCUT2D eigenvalue weighted by molar-refractivity contribution is 6.08. The standard InChI is InChI=1S/C22H31N3O/c1-15-16(2)23-19-8-6-7-18(21(15)19)22(26)25-13-10-17(11-14-25)20-9-4-5-12-24(20)3/h6-8,17,20,23H,4-5,9-14H2,1-3H3/t20-/m1/s1. The molecular formula is C22H31N3O. The van der Waals surface area contributed by atoms with Gasteiger partial charge in [-0.2, -0.15) is 0 Å². The molecule has 1 aromatic carbocycles. The van der Waals surface area contributed by atoms with Crippen molar-refractivity contribution in [3.05, 3.63) is 35.0 Å². The number of piperidine rings is 2. The molecule has 0 radical (unpaired) electrons. The summed E-state index contributed by atoms with van der Waals surface area (Å²) >= 11 is 0. The topological polar surface area (TPSA) is 39.3 Å². The monoisotopic (exact) mass is 353 g/mol. The van der Waals surface area contributed by atoms with Crippen LogP contribution in [-0.4, -0.2) is 53.4 Å². The van der Waals surface area contributed by atoms with E-state index in [0.29, 0.717) is 0 Å². The molecule has 2 saturated heterocycles. The number of H-pyrrole nitrogens is 1. The summed E-state index contributed by atoms with van der Waals surface area (Å²) in [4.78, 5) is 21.3. The number of likely N-dealkylation sites (tertiary alicyclic amines) is 2. The molecule has 0 bridgehead atoms. The fourth-order valence-corrected chi connectivity index (χ4v) is 5.08. The van der Waals surface area contributed by atoms with E-state index in [1.54, 1.807) is 0 Å². The van der Waals surface area contributed by atoms with E-state index in [-0.39, 0.29) is 5.91 Å². The Kier molecular flexibility index (Phi) is 4.78. The van der Waals surface area contributed by atoms with Gasteiger partial charge in [-0.15, -0.1) is 0 Å². The third kappa shape index (κ3) is 3.05. The summed E-state index contributed by atoms with van der Waals surface area (Å²) in [5.74, 6) is 0.949. The molecular weight excluding hydrogens is 322 g/mol. The largest absolute Gasteiger partial charge is 0.358 e. The zero-order valence-corrected chi connectivity index (χ0v) is 16.3. The first-order valence-electron chi connectivity index (χ1n) is 10.1. The Bertz CT molecular complexity index is 801. The third-order valence-electron chi connectivity index (χ3n) is 6.75. The van der Waals surface area contributed by atoms with Gasteiger partial charge in [-0.05, 0) is 76.7 Å². The summed E-state index contributed by atoms with van der Waals surface area (Å²) < 4.78 is 0. The van der Waals surface area contributed by atoms with Crippen LogP contribution < -0.4 is 0 Å². The van der Waals surface area contributed by atoms with Crippen molar-refractivity contribution >= 4 is 16.8 Å². The van der Waals surface area contributed by atoms with Gasteiger partial charge in [-0.1, -0.05) is 12.5 Å². The first-order chi connectivity index (χ1) is 12.6. The van der Waals surface area contributed by atoms with Crippen molar-refractivity contribution in [3.63, 3.8) is 0 Å². The molecule has 140 valence electrons. The smallest absolute Gasteiger partial charge is 0.254 e. The Labute approximate surface area is 156 Å². The SMILES string of the molecule is Cc1[nH]c2cccc(C(=O)N3CCC([C@H]4CCCCN4C)CC3)c2c1C. The number of aromatic amines is 1. The summed E-state index contributed by atoms with van der Waals surface area (Å²) in [5, 5.41) is 1.10. The van der Waals surface area contributed by atoms with Crippen LogP contribution in [0.2, 0.25) is 0 Å². The van der Waals surface area contributed by atoms with E-state index in [4.69, 9.17) is 0 Å². The summed E-state index contributed by atoms with van der Waals surface area (Å²) in [6.45, 7) is 7.21. The molecule has 0 unspecified atom stereocenters. The summed E-state index contributed by atoms with van der Waals surface area (Å²) in [5.41, 5.74) is 4.28. The number of nitrogens with zero attached hydrogens (tertiary/aromatic N) is 2. The fraction of sp³-hybridized carbons (Fsp3) is 0.591. The van der Waals surface area contributed by atoms with Gasteiger partial charge < -0.3 is 14.8 Å². The van der Waals surface area contributed by atoms with Crippen molar-refractivity contribution in [2.45, 2.75) is 52.0 Å². The first kappa shape index (κ1) is 17.6. The maximum absolute atomic E-state index is 13.2. The number of aryl methyl sites for hydroxylation is 2. The van der Waals surface area contributed by atoms with Crippen LogP contribution >= 0.6 is 0 Å². The van der Waals surface area contributed by atoms with Crippen LogP contribution in [0.4, 0.5) is 0 Å². The van der Waals surface area contributed by atoms with Gasteiger partial charge in [0.05, 0.1) is 0 Å². The summed E-state index contributed by atoms with van der Waals surface area (Å²) in [6.07, 6.45) is 6.31. The molecule has 2 fully saturated rings. The molecule has 1 amide bonds. The molecule has 1 aromatic heterocycles. The molecule has 1 atom stereocenters. The fourth-order valence-electron chi connectivity index (χ4n) is 5.08. The van der Waals surface area contributed by atoms with Gasteiger partial charge >= 0.3 is 0 Å². The van der Waals surface area contributed by atoms with E-state index in [1.807, 2.05) is 12.1 Å². The molecule has 2 aliphatic heterocycles. The van der Waals surface area contributed by atoms with Gasteiger partial charge in [-0.3, -0.25) is 4.79 Å². The van der Waals surface area contributed by atoms with Crippen LogP contribution in [0, 0.1) is 19.8 Å². The number of nitrogens with one attached hydrogen (secondary N) is 1. The third-order valence-corrected chi connectivity index (χ3v) is 6.75. The number of hydrogen-bond acceptors (Lipinski definition) is 2. The Balaban J connectivity index is 1.49. The lowest BCUT2D eigenvalue weighted by Gasteiger charge is -2.42. The zero-order valence-electron chi connectivity index (χ0n) is 16.3. The normalized spacial score (nSPS) is 22.9. The highest BCUT2D eigenvalue weighted by atomic mass is 16.2. The molecule has 4 nitrogen and oxygen atoms in total. The van der Waals surface area contributed by atoms with Crippen LogP contribution in [0.1, 0.15) is 53.7 Å². The summed E-state index contributed by atoms with van der Waals surface area (Å²) in [7, 11) is 2.28. The van der Waals surface area contributed by atoms with E-state index in [9.17, 15) is 4.79 Å². The number of fused-ring (bicyclic) bond motifs is 1. The lowest BCUT2D eigenvalue weighted by atomic mass is 9.84. The number of carbonyl (C=O) groups is 1. The second-order valence-electron chi connectivity index (χ2n) is 8.28. The quantitative estimate of drug-likeness (QED) is 0.882. The molecule has 4 heteroatoms. The van der Waals surface area contributed by atoms with Gasteiger partial charge in [0.15, 0.2) is 0 Å². The Morgan fingerprint density at radius 1 is 1.08 bits per heavy atom. The van der Waals surface area contributed by atoms with Gasteiger partial charge in [0.25, 0.3) is 5.91 Å². The van der Waals surface area contributed by atoms with Crippen LogP contribution in [-0.2, 0) is 0 Å². The van der Waals surface area contributed by atoms with Crippen molar-refractivity contribution in [2.24, 2.45) is 5.92 Å². The predicted molar refractivity (Wildman–Crippen MR) is 107 cm³/mol. The van der Waals surface area contributed by atoms with Crippen LogP contribution in [0.25, 0.3) is 10.9 Å². The van der Waals surface area contributed by atoms with Crippen molar-refractivity contribution in [3.8, 4) is 0 Å². The average Bonchev–Trinajstić information content (AvgIpc) is 2.96. The molecule has 26 heavy (non-hydrogen) atoms. The van der Waals surface area contributed by atoms with E-state index in [1.165, 1.54) is 31.4 Å². The van der Waals surface area contributed by atoms with Crippen LogP contribution in [0.5, 0.6) is 0 Å². The summed E-state index contributed by atoms with van der Waals surface area (Å²) in [6, 6.07) is 6.77. The van der Waals surface area contributed by atoms with Crippen molar-refractivity contribution in [2.75, 3.05) is 26.7 Å². The van der Waals surface area contributed by atoms with Gasteiger partial charge in [0, 0.05) is 41.3 Å². The van der Waals surface area contributed by atoms with Crippen molar-refractivity contribution < 1.29 is 4.79 Å². The van der Waals surface area contributed by atoms with Gasteiger partial charge in [0.1, 0.15) is 0 Å². The lowest BCUT2D eigenvalue weighted by Crippen LogP contribution is -2.47. The lowest BCUT2D eigenvalue weighted by molar-refractivity contribution is 0.0556. The maximum Gasteiger partial charge on any atom is 0.254 e. The number of amides is 1. The van der Waals surface area contributed by atoms with E-state index >= 15 is 0 Å². The molecule has 1 N–H and O–H groups in total. The second-order valence-corrected chi connectivity index (χ2v) is 8.28. The molecule has 3 heterocycles. The first-order valence-corrected chi connectivity index (χ1v) is 10.1.